The lowest BCUT2D eigenvalue weighted by atomic mass is 9.61. The van der Waals surface area contributed by atoms with E-state index in [0.29, 0.717) is 5.82 Å². The third-order valence-corrected chi connectivity index (χ3v) is 10.5. The van der Waals surface area contributed by atoms with E-state index in [1.165, 1.54) is 0 Å². The van der Waals surface area contributed by atoms with Crippen molar-refractivity contribution in [2.45, 2.75) is 5.41 Å². The molecule has 0 fully saturated rings. The first-order valence-corrected chi connectivity index (χ1v) is 17.3. The van der Waals surface area contributed by atoms with Crippen LogP contribution in [0.2, 0.25) is 0 Å². The van der Waals surface area contributed by atoms with Crippen LogP contribution in [-0.4, -0.2) is 15.8 Å². The summed E-state index contributed by atoms with van der Waals surface area (Å²) in [5.41, 5.74) is 14.4. The minimum atomic E-state index is -0.674. The van der Waals surface area contributed by atoms with Crippen LogP contribution in [0.15, 0.2) is 182 Å². The zero-order valence-electron chi connectivity index (χ0n) is 27.6. The summed E-state index contributed by atoms with van der Waals surface area (Å²) in [5, 5.41) is 0. The molecule has 1 aromatic heterocycles. The van der Waals surface area contributed by atoms with Gasteiger partial charge in [-0.15, -0.1) is 0 Å². The van der Waals surface area contributed by atoms with Gasteiger partial charge in [-0.05, 0) is 56.6 Å². The van der Waals surface area contributed by atoms with Gasteiger partial charge in [0, 0.05) is 27.8 Å². The van der Waals surface area contributed by atoms with Crippen LogP contribution in [0, 0.1) is 0 Å². The minimum absolute atomic E-state index is 0.0650. The maximum atomic E-state index is 14.0. The number of benzene rings is 7. The summed E-state index contributed by atoms with van der Waals surface area (Å²) < 4.78 is 0. The Balaban J connectivity index is 1.26. The second kappa shape index (κ2) is 11.4. The molecule has 0 bridgehead atoms. The van der Waals surface area contributed by atoms with Gasteiger partial charge < -0.3 is 0 Å². The van der Waals surface area contributed by atoms with Gasteiger partial charge in [-0.1, -0.05) is 170 Å². The molecule has 3 heteroatoms. The topological polar surface area (TPSA) is 42.9 Å². The molecular weight excluding hydrogens is 621 g/mol. The van der Waals surface area contributed by atoms with Crippen LogP contribution in [0.25, 0.3) is 56.2 Å². The maximum absolute atomic E-state index is 14.0. The van der Waals surface area contributed by atoms with Crippen LogP contribution in [0.4, 0.5) is 0 Å². The lowest BCUT2D eigenvalue weighted by molar-refractivity contribution is 0.103. The first-order valence-electron chi connectivity index (χ1n) is 17.3. The van der Waals surface area contributed by atoms with Crippen LogP contribution in [0.5, 0.6) is 0 Å². The first kappa shape index (κ1) is 29.2. The summed E-state index contributed by atoms with van der Waals surface area (Å²) in [4.78, 5) is 24.7. The SMILES string of the molecule is O=C1c2ccccc2C2(c3ccccc31)c1ccccc1-c1c(-c3nc(-c4ccccc4)cc(-c4cccc(-c5ccccc5)c4)n3)cccc12. The van der Waals surface area contributed by atoms with E-state index in [1.54, 1.807) is 0 Å². The molecule has 0 saturated heterocycles. The smallest absolute Gasteiger partial charge is 0.193 e. The van der Waals surface area contributed by atoms with Gasteiger partial charge in [-0.25, -0.2) is 9.97 Å². The Morgan fingerprint density at radius 3 is 1.47 bits per heavy atom. The number of fused-ring (bicyclic) bond motifs is 9. The van der Waals surface area contributed by atoms with Gasteiger partial charge in [-0.3, -0.25) is 4.79 Å². The monoisotopic (exact) mass is 650 g/mol. The highest BCUT2D eigenvalue weighted by atomic mass is 16.1. The van der Waals surface area contributed by atoms with Gasteiger partial charge in [0.25, 0.3) is 0 Å². The molecule has 51 heavy (non-hydrogen) atoms. The number of carbonyl (C=O) groups excluding carboxylic acids is 1. The van der Waals surface area contributed by atoms with E-state index in [1.807, 2.05) is 48.5 Å². The van der Waals surface area contributed by atoms with Crippen molar-refractivity contribution in [2.75, 3.05) is 0 Å². The van der Waals surface area contributed by atoms with Crippen molar-refractivity contribution in [3.05, 3.63) is 215 Å². The molecule has 1 spiro atoms. The molecule has 7 aromatic carbocycles. The van der Waals surface area contributed by atoms with Crippen molar-refractivity contribution < 1.29 is 4.79 Å². The minimum Gasteiger partial charge on any atom is -0.289 e. The molecule has 0 saturated carbocycles. The molecule has 2 aliphatic carbocycles. The molecule has 0 N–H and O–H groups in total. The molecule has 2 aliphatic rings. The summed E-state index contributed by atoms with van der Waals surface area (Å²) >= 11 is 0. The Morgan fingerprint density at radius 2 is 0.804 bits per heavy atom. The second-order valence-electron chi connectivity index (χ2n) is 13.2. The Kier molecular flexibility index (Phi) is 6.55. The maximum Gasteiger partial charge on any atom is 0.193 e. The summed E-state index contributed by atoms with van der Waals surface area (Å²) in [6.45, 7) is 0. The van der Waals surface area contributed by atoms with E-state index in [9.17, 15) is 4.79 Å². The predicted octanol–water partition coefficient (Wildman–Crippen LogP) is 11.1. The van der Waals surface area contributed by atoms with Crippen molar-refractivity contribution in [3.63, 3.8) is 0 Å². The van der Waals surface area contributed by atoms with Gasteiger partial charge in [0.1, 0.15) is 0 Å². The third-order valence-electron chi connectivity index (χ3n) is 10.5. The van der Waals surface area contributed by atoms with E-state index in [-0.39, 0.29) is 5.78 Å². The number of rotatable bonds is 4. The number of nitrogens with zero attached hydrogens (tertiary/aromatic N) is 2. The fraction of sp³-hybridized carbons (Fsp3) is 0.0208. The molecule has 1 heterocycles. The number of hydrogen-bond acceptors (Lipinski definition) is 3. The average Bonchev–Trinajstić information content (AvgIpc) is 3.51. The number of hydrogen-bond donors (Lipinski definition) is 0. The van der Waals surface area contributed by atoms with Crippen molar-refractivity contribution in [2.24, 2.45) is 0 Å². The van der Waals surface area contributed by atoms with Crippen LogP contribution < -0.4 is 0 Å². The lowest BCUT2D eigenvalue weighted by Crippen LogP contribution is -2.36. The molecule has 10 rings (SSSR count). The summed E-state index contributed by atoms with van der Waals surface area (Å²) in [7, 11) is 0. The average molecular weight is 651 g/mol. The molecule has 0 atom stereocenters. The van der Waals surface area contributed by atoms with E-state index in [0.717, 1.165) is 83.7 Å². The van der Waals surface area contributed by atoms with Crippen molar-refractivity contribution >= 4 is 5.78 Å². The first-order chi connectivity index (χ1) is 25.2. The quantitative estimate of drug-likeness (QED) is 0.190. The Hall–Kier alpha value is -6.71. The molecule has 3 nitrogen and oxygen atoms in total. The lowest BCUT2D eigenvalue weighted by Gasteiger charge is -2.39. The fourth-order valence-corrected chi connectivity index (χ4v) is 8.36. The van der Waals surface area contributed by atoms with Gasteiger partial charge >= 0.3 is 0 Å². The molecular formula is C48H30N2O. The third kappa shape index (κ3) is 4.35. The van der Waals surface area contributed by atoms with E-state index >= 15 is 0 Å². The van der Waals surface area contributed by atoms with Crippen molar-refractivity contribution in [3.8, 4) is 56.2 Å². The fourth-order valence-electron chi connectivity index (χ4n) is 8.36. The largest absolute Gasteiger partial charge is 0.289 e. The second-order valence-corrected chi connectivity index (χ2v) is 13.2. The summed E-state index contributed by atoms with van der Waals surface area (Å²) in [6.07, 6.45) is 0. The van der Waals surface area contributed by atoms with E-state index < -0.39 is 5.41 Å². The zero-order chi connectivity index (χ0) is 33.9. The van der Waals surface area contributed by atoms with Crippen molar-refractivity contribution in [1.29, 1.82) is 0 Å². The summed E-state index contributed by atoms with van der Waals surface area (Å²) in [5.74, 6) is 0.726. The number of aromatic nitrogens is 2. The van der Waals surface area contributed by atoms with Crippen LogP contribution in [-0.2, 0) is 5.41 Å². The predicted molar refractivity (Wildman–Crippen MR) is 205 cm³/mol. The zero-order valence-corrected chi connectivity index (χ0v) is 27.6. The highest BCUT2D eigenvalue weighted by Crippen LogP contribution is 2.60. The van der Waals surface area contributed by atoms with E-state index in [2.05, 4.69) is 133 Å². The normalized spacial score (nSPS) is 13.3. The van der Waals surface area contributed by atoms with Crippen molar-refractivity contribution in [1.82, 2.24) is 9.97 Å². The molecule has 238 valence electrons. The van der Waals surface area contributed by atoms with Gasteiger partial charge in [0.15, 0.2) is 11.6 Å². The van der Waals surface area contributed by atoms with Crippen LogP contribution in [0.1, 0.15) is 38.2 Å². The molecule has 8 aromatic rings. The highest BCUT2D eigenvalue weighted by molar-refractivity contribution is 6.15. The van der Waals surface area contributed by atoms with Gasteiger partial charge in [0.2, 0.25) is 0 Å². The highest BCUT2D eigenvalue weighted by Gasteiger charge is 2.52. The molecule has 0 unspecified atom stereocenters. The van der Waals surface area contributed by atoms with Crippen LogP contribution >= 0.6 is 0 Å². The molecule has 0 radical (unpaired) electrons. The Bertz CT molecular complexity index is 2610. The standard InChI is InChI=1S/C48H30N2O/c51-46-36-22-8-11-26-40(36)48(41-27-12-9-23-37(41)46)39-25-10-7-21-35(39)45-38(24-14-28-42(45)48)47-49-43(32-17-5-2-6-18-32)30-44(50-47)34-20-13-19-33(29-34)31-15-3-1-4-16-31/h1-30H. The summed E-state index contributed by atoms with van der Waals surface area (Å²) in [6, 6.07) is 62.8. The van der Waals surface area contributed by atoms with E-state index in [4.69, 9.17) is 9.97 Å². The molecule has 0 amide bonds. The Labute approximate surface area is 296 Å². The van der Waals surface area contributed by atoms with Gasteiger partial charge in [-0.2, -0.15) is 0 Å². The van der Waals surface area contributed by atoms with Crippen LogP contribution in [0.3, 0.4) is 0 Å². The Morgan fingerprint density at radius 1 is 0.353 bits per heavy atom. The molecule has 0 aliphatic heterocycles. The number of ketones is 1. The number of carbonyl (C=O) groups is 1. The van der Waals surface area contributed by atoms with Gasteiger partial charge in [0.05, 0.1) is 16.8 Å².